The molecule has 2 rings (SSSR count). The fourth-order valence-corrected chi connectivity index (χ4v) is 2.63. The van der Waals surface area contributed by atoms with Crippen molar-refractivity contribution in [3.05, 3.63) is 17.2 Å². The molecule has 1 N–H and O–H groups in total. The predicted octanol–water partition coefficient (Wildman–Crippen LogP) is 3.75. The molecule has 0 spiro atoms. The minimum absolute atomic E-state index is 0.628. The maximum absolute atomic E-state index is 4.82. The molecule has 0 saturated carbocycles. The van der Waals surface area contributed by atoms with E-state index in [1.807, 2.05) is 0 Å². The van der Waals surface area contributed by atoms with Crippen LogP contribution in [-0.4, -0.2) is 9.97 Å². The van der Waals surface area contributed by atoms with Gasteiger partial charge in [-0.25, -0.2) is 4.98 Å². The molecule has 15 heavy (non-hydrogen) atoms. The minimum Gasteiger partial charge on any atom is -0.345 e. The minimum atomic E-state index is 0.628. The molecule has 2 heteroatoms. The van der Waals surface area contributed by atoms with Crippen molar-refractivity contribution in [3.63, 3.8) is 0 Å². The summed E-state index contributed by atoms with van der Waals surface area (Å²) >= 11 is 0. The van der Waals surface area contributed by atoms with E-state index in [-0.39, 0.29) is 0 Å². The van der Waals surface area contributed by atoms with Crippen molar-refractivity contribution in [2.24, 2.45) is 0 Å². The molecule has 0 aromatic carbocycles. The van der Waals surface area contributed by atoms with Crippen LogP contribution in [0.3, 0.4) is 0 Å². The zero-order valence-corrected chi connectivity index (χ0v) is 10.1. The van der Waals surface area contributed by atoms with Crippen LogP contribution in [0.1, 0.15) is 75.5 Å². The Labute approximate surface area is 92.5 Å². The summed E-state index contributed by atoms with van der Waals surface area (Å²) in [6, 6.07) is 0. The van der Waals surface area contributed by atoms with Gasteiger partial charge in [0.2, 0.25) is 0 Å². The lowest BCUT2D eigenvalue weighted by Gasteiger charge is -2.15. The molecule has 0 amide bonds. The van der Waals surface area contributed by atoms with Crippen LogP contribution in [0.25, 0.3) is 0 Å². The third kappa shape index (κ3) is 1.95. The lowest BCUT2D eigenvalue weighted by atomic mass is 9.92. The van der Waals surface area contributed by atoms with Gasteiger partial charge in [-0.05, 0) is 32.1 Å². The van der Waals surface area contributed by atoms with E-state index in [9.17, 15) is 0 Å². The van der Waals surface area contributed by atoms with Crippen molar-refractivity contribution >= 4 is 0 Å². The Bertz CT molecular complexity index is 323. The summed E-state index contributed by atoms with van der Waals surface area (Å²) in [7, 11) is 0. The summed E-state index contributed by atoms with van der Waals surface area (Å²) in [6.07, 6.45) is 6.21. The van der Waals surface area contributed by atoms with Gasteiger partial charge in [0.05, 0.1) is 5.69 Å². The number of H-pyrrole nitrogens is 1. The van der Waals surface area contributed by atoms with E-state index in [0.717, 1.165) is 0 Å². The number of fused-ring (bicyclic) bond motifs is 1. The largest absolute Gasteiger partial charge is 0.345 e. The number of hydrogen-bond acceptors (Lipinski definition) is 1. The molecule has 1 aliphatic rings. The molecule has 0 aliphatic heterocycles. The maximum Gasteiger partial charge on any atom is 0.109 e. The number of rotatable bonds is 3. The number of aromatic amines is 1. The molecule has 0 saturated heterocycles. The van der Waals surface area contributed by atoms with Crippen molar-refractivity contribution < 1.29 is 0 Å². The van der Waals surface area contributed by atoms with E-state index < -0.39 is 0 Å². The molecule has 1 aliphatic carbocycles. The molecule has 1 unspecified atom stereocenters. The van der Waals surface area contributed by atoms with Gasteiger partial charge in [0, 0.05) is 17.5 Å². The highest BCUT2D eigenvalue weighted by molar-refractivity contribution is 5.22. The first kappa shape index (κ1) is 10.7. The predicted molar refractivity (Wildman–Crippen MR) is 63.3 cm³/mol. The van der Waals surface area contributed by atoms with Crippen molar-refractivity contribution in [3.8, 4) is 0 Å². The summed E-state index contributed by atoms with van der Waals surface area (Å²) in [5.41, 5.74) is 2.76. The summed E-state index contributed by atoms with van der Waals surface area (Å²) < 4.78 is 0. The zero-order chi connectivity index (χ0) is 10.8. The average Bonchev–Trinajstić information content (AvgIpc) is 2.65. The van der Waals surface area contributed by atoms with Gasteiger partial charge in [0.25, 0.3) is 0 Å². The van der Waals surface area contributed by atoms with Crippen LogP contribution in [0.2, 0.25) is 0 Å². The third-order valence-corrected chi connectivity index (χ3v) is 3.73. The van der Waals surface area contributed by atoms with Crippen LogP contribution in [-0.2, 0) is 6.42 Å². The molecule has 1 aromatic heterocycles. The quantitative estimate of drug-likeness (QED) is 0.801. The van der Waals surface area contributed by atoms with E-state index in [0.29, 0.717) is 11.8 Å². The molecular formula is C13H22N2. The van der Waals surface area contributed by atoms with Crippen molar-refractivity contribution in [2.75, 3.05) is 0 Å². The van der Waals surface area contributed by atoms with E-state index in [2.05, 4.69) is 25.8 Å². The highest BCUT2D eigenvalue weighted by Crippen LogP contribution is 2.31. The van der Waals surface area contributed by atoms with Gasteiger partial charge in [-0.15, -0.1) is 0 Å². The van der Waals surface area contributed by atoms with Crippen LogP contribution in [0.15, 0.2) is 0 Å². The fraction of sp³-hybridized carbons (Fsp3) is 0.769. The van der Waals surface area contributed by atoms with Gasteiger partial charge >= 0.3 is 0 Å². The maximum atomic E-state index is 4.82. The number of nitrogens with zero attached hydrogens (tertiary/aromatic N) is 1. The monoisotopic (exact) mass is 206 g/mol. The lowest BCUT2D eigenvalue weighted by Crippen LogP contribution is -2.05. The van der Waals surface area contributed by atoms with Gasteiger partial charge < -0.3 is 4.98 Å². The van der Waals surface area contributed by atoms with Crippen molar-refractivity contribution in [1.82, 2.24) is 9.97 Å². The summed E-state index contributed by atoms with van der Waals surface area (Å²) in [5.74, 6) is 2.52. The summed E-state index contributed by atoms with van der Waals surface area (Å²) in [4.78, 5) is 8.37. The topological polar surface area (TPSA) is 28.7 Å². The van der Waals surface area contributed by atoms with Gasteiger partial charge in [0.15, 0.2) is 0 Å². The van der Waals surface area contributed by atoms with Crippen LogP contribution < -0.4 is 0 Å². The van der Waals surface area contributed by atoms with Crippen LogP contribution in [0.4, 0.5) is 0 Å². The van der Waals surface area contributed by atoms with Gasteiger partial charge in [-0.1, -0.05) is 20.8 Å². The highest BCUT2D eigenvalue weighted by atomic mass is 15.0. The normalized spacial score (nSPS) is 20.7. The van der Waals surface area contributed by atoms with E-state index >= 15 is 0 Å². The molecular weight excluding hydrogens is 184 g/mol. The smallest absolute Gasteiger partial charge is 0.109 e. The molecule has 1 atom stereocenters. The first-order valence-electron chi connectivity index (χ1n) is 6.34. The van der Waals surface area contributed by atoms with Gasteiger partial charge in [0.1, 0.15) is 5.82 Å². The first-order valence-corrected chi connectivity index (χ1v) is 6.34. The highest BCUT2D eigenvalue weighted by Gasteiger charge is 2.22. The Hall–Kier alpha value is -0.790. The number of aromatic nitrogens is 2. The van der Waals surface area contributed by atoms with Gasteiger partial charge in [-0.3, -0.25) is 0 Å². The average molecular weight is 206 g/mol. The SMILES string of the molecule is CCC(CC)c1nc2c([nH]1)CCCC2C. The van der Waals surface area contributed by atoms with E-state index in [1.165, 1.54) is 49.3 Å². The standard InChI is InChI=1S/C13H22N2/c1-4-10(5-2)13-14-11-8-6-7-9(3)12(11)15-13/h9-10H,4-8H2,1-3H3,(H,14,15). The summed E-state index contributed by atoms with van der Waals surface area (Å²) in [6.45, 7) is 6.80. The van der Waals surface area contributed by atoms with E-state index in [4.69, 9.17) is 4.98 Å². The Morgan fingerprint density at radius 2 is 2.13 bits per heavy atom. The second-order valence-corrected chi connectivity index (χ2v) is 4.79. The molecule has 0 fully saturated rings. The molecule has 84 valence electrons. The van der Waals surface area contributed by atoms with Crippen molar-refractivity contribution in [1.29, 1.82) is 0 Å². The van der Waals surface area contributed by atoms with Crippen LogP contribution >= 0.6 is 0 Å². The van der Waals surface area contributed by atoms with Crippen molar-refractivity contribution in [2.45, 2.75) is 64.7 Å². The first-order chi connectivity index (χ1) is 7.26. The summed E-state index contributed by atoms with van der Waals surface area (Å²) in [5, 5.41) is 0. The van der Waals surface area contributed by atoms with E-state index in [1.54, 1.807) is 0 Å². The second-order valence-electron chi connectivity index (χ2n) is 4.79. The number of aryl methyl sites for hydroxylation is 1. The Morgan fingerprint density at radius 1 is 1.40 bits per heavy atom. The molecule has 2 nitrogen and oxygen atoms in total. The Morgan fingerprint density at radius 3 is 2.73 bits per heavy atom. The third-order valence-electron chi connectivity index (χ3n) is 3.73. The lowest BCUT2D eigenvalue weighted by molar-refractivity contribution is 0.573. The molecule has 0 bridgehead atoms. The van der Waals surface area contributed by atoms with Crippen LogP contribution in [0.5, 0.6) is 0 Å². The fourth-order valence-electron chi connectivity index (χ4n) is 2.63. The number of hydrogen-bond donors (Lipinski definition) is 1. The molecule has 0 radical (unpaired) electrons. The van der Waals surface area contributed by atoms with Crippen LogP contribution in [0, 0.1) is 0 Å². The Kier molecular flexibility index (Phi) is 3.13. The number of imidazole rings is 1. The zero-order valence-electron chi connectivity index (χ0n) is 10.1. The molecule has 1 aromatic rings. The second kappa shape index (κ2) is 4.38. The van der Waals surface area contributed by atoms with Gasteiger partial charge in [-0.2, -0.15) is 0 Å². The Balaban J connectivity index is 2.28. The molecule has 1 heterocycles. The number of nitrogens with one attached hydrogen (secondary N) is 1.